The molecule has 0 bridgehead atoms. The number of aliphatic hydroxyl groups is 4. The summed E-state index contributed by atoms with van der Waals surface area (Å²) >= 11 is 12.9. The summed E-state index contributed by atoms with van der Waals surface area (Å²) in [6.07, 6.45) is -1.00. The van der Waals surface area contributed by atoms with E-state index in [0.29, 0.717) is 42.8 Å². The first-order valence-electron chi connectivity index (χ1n) is 16.2. The number of ether oxygens (including phenoxy) is 2. The molecule has 4 aliphatic rings. The van der Waals surface area contributed by atoms with Gasteiger partial charge in [-0.3, -0.25) is 9.59 Å². The fraction of sp³-hybridized carbons (Fsp3) is 0.562. The second-order valence-electron chi connectivity index (χ2n) is 12.9. The van der Waals surface area contributed by atoms with Gasteiger partial charge in [-0.25, -0.2) is 17.9 Å². The molecule has 3 fully saturated rings. The number of amides is 2. The van der Waals surface area contributed by atoms with Gasteiger partial charge in [-0.2, -0.15) is 0 Å². The van der Waals surface area contributed by atoms with Gasteiger partial charge in [0.1, 0.15) is 36.7 Å². The molecule has 2 aromatic rings. The lowest BCUT2D eigenvalue weighted by molar-refractivity contribution is -0.223. The minimum absolute atomic E-state index is 0.0653. The van der Waals surface area contributed by atoms with Crippen molar-refractivity contribution in [2.75, 3.05) is 26.3 Å². The third-order valence-corrected chi connectivity index (χ3v) is 9.95. The number of alkyl halides is 1. The molecule has 2 aliphatic heterocycles. The molecule has 1 aromatic carbocycles. The van der Waals surface area contributed by atoms with Crippen molar-refractivity contribution in [2.24, 2.45) is 0 Å². The van der Waals surface area contributed by atoms with E-state index in [1.54, 1.807) is 12.2 Å². The van der Waals surface area contributed by atoms with E-state index in [1.807, 2.05) is 0 Å². The monoisotopic (exact) mass is 745 g/mol. The van der Waals surface area contributed by atoms with Crippen molar-refractivity contribution in [2.45, 2.75) is 86.2 Å². The van der Waals surface area contributed by atoms with Crippen LogP contribution in [0, 0.1) is 17.5 Å². The number of β-amino-alcohol motifs (C(OH)–C–C–N with tert-alkyl or cyclic N) is 1. The average molecular weight is 747 g/mol. The molecular formula is C32H36Cl2F3N5O8. The zero-order valence-electron chi connectivity index (χ0n) is 26.5. The van der Waals surface area contributed by atoms with Gasteiger partial charge in [0, 0.05) is 35.8 Å². The van der Waals surface area contributed by atoms with Crippen LogP contribution in [0.1, 0.15) is 38.1 Å². The Hall–Kier alpha value is -3.09. The first-order chi connectivity index (χ1) is 23.9. The molecule has 18 heteroatoms. The Morgan fingerprint density at radius 3 is 2.44 bits per heavy atom. The second-order valence-corrected chi connectivity index (χ2v) is 13.9. The molecule has 1 aromatic heterocycles. The van der Waals surface area contributed by atoms with E-state index < -0.39 is 96.6 Å². The lowest BCUT2D eigenvalue weighted by Crippen LogP contribution is -2.63. The fourth-order valence-electron chi connectivity index (χ4n) is 6.82. The summed E-state index contributed by atoms with van der Waals surface area (Å²) in [5, 5.41) is 50.3. The van der Waals surface area contributed by atoms with Crippen LogP contribution in [0.2, 0.25) is 0 Å². The molecule has 4 N–H and O–H groups in total. The van der Waals surface area contributed by atoms with Gasteiger partial charge in [-0.05, 0) is 37.1 Å². The van der Waals surface area contributed by atoms with Crippen molar-refractivity contribution in [3.63, 3.8) is 0 Å². The standard InChI is InChI=1S/C32H36Cl2F3N5O8/c33-16-7-17(34)9-18(8-16)42(23-3-1-2-4-24(23)45)32(48)31-30(49-14-26(46)40-10-19(44)11-40)28(29(47)25(13-43)50-31)41-12-22(38-39-41)15-5-20(35)27(37)21(36)6-15/h5-6,8-9,12,16,19,23-25,28-31,43-45,47H,1-4,7,10-11,13-14H2/t16?,23-,24-,25+,28-,29-,30+,31+/m0/s1. The van der Waals surface area contributed by atoms with Crippen LogP contribution in [0.15, 0.2) is 41.2 Å². The number of nitrogens with zero attached hydrogens (tertiary/aromatic N) is 5. The van der Waals surface area contributed by atoms with Crippen LogP contribution in [0.3, 0.4) is 0 Å². The maximum absolute atomic E-state index is 14.8. The van der Waals surface area contributed by atoms with Gasteiger partial charge in [0.15, 0.2) is 23.6 Å². The van der Waals surface area contributed by atoms with Crippen LogP contribution >= 0.6 is 23.2 Å². The Bertz CT molecular complexity index is 1640. The van der Waals surface area contributed by atoms with E-state index in [9.17, 15) is 43.2 Å². The average Bonchev–Trinajstić information content (AvgIpc) is 3.55. The number of aromatic nitrogens is 3. The maximum Gasteiger partial charge on any atom is 0.259 e. The lowest BCUT2D eigenvalue weighted by Gasteiger charge is -2.47. The Morgan fingerprint density at radius 1 is 1.10 bits per heavy atom. The SMILES string of the molecule is O=C(CO[C@@H]1[C@@H](n2cc(-c3cc(F)c(F)c(F)c3)nn2)[C@@H](O)[C@@H](CO)O[C@H]1C(=O)N(C1=CC(Cl)CC(Cl)=C1)[C@H]1CCCC[C@@H]1O)N1CC(O)C1. The first-order valence-corrected chi connectivity index (χ1v) is 17.0. The van der Waals surface area contributed by atoms with Crippen molar-refractivity contribution in [3.8, 4) is 11.3 Å². The number of hydrogen-bond acceptors (Lipinski definition) is 10. The molecule has 3 heterocycles. The van der Waals surface area contributed by atoms with Crippen molar-refractivity contribution in [3.05, 3.63) is 58.7 Å². The van der Waals surface area contributed by atoms with Crippen molar-refractivity contribution < 1.29 is 52.7 Å². The smallest absolute Gasteiger partial charge is 0.259 e. The quantitative estimate of drug-likeness (QED) is 0.219. The topological polar surface area (TPSA) is 171 Å². The minimum atomic E-state index is -1.68. The number of allylic oxidation sites excluding steroid dienone is 3. The van der Waals surface area contributed by atoms with Crippen molar-refractivity contribution in [1.82, 2.24) is 24.8 Å². The van der Waals surface area contributed by atoms with Crippen LogP contribution in [0.5, 0.6) is 0 Å². The molecule has 6 rings (SSSR count). The number of hydrogen-bond donors (Lipinski definition) is 4. The Labute approximate surface area is 294 Å². The molecule has 1 unspecified atom stereocenters. The van der Waals surface area contributed by atoms with Gasteiger partial charge in [0.05, 0.1) is 36.4 Å². The second kappa shape index (κ2) is 15.3. The summed E-state index contributed by atoms with van der Waals surface area (Å²) in [6.45, 7) is -1.28. The Morgan fingerprint density at radius 2 is 1.80 bits per heavy atom. The molecular weight excluding hydrogens is 710 g/mol. The number of carbonyl (C=O) groups excluding carboxylic acids is 2. The van der Waals surface area contributed by atoms with E-state index in [4.69, 9.17) is 32.7 Å². The van der Waals surface area contributed by atoms with Gasteiger partial charge in [0.2, 0.25) is 5.91 Å². The third kappa shape index (κ3) is 7.44. The van der Waals surface area contributed by atoms with Crippen LogP contribution in [0.25, 0.3) is 11.3 Å². The van der Waals surface area contributed by atoms with Crippen LogP contribution in [-0.4, -0.2) is 131 Å². The van der Waals surface area contributed by atoms with E-state index in [2.05, 4.69) is 10.3 Å². The highest BCUT2D eigenvalue weighted by Crippen LogP contribution is 2.38. The number of rotatable bonds is 9. The van der Waals surface area contributed by atoms with Crippen LogP contribution < -0.4 is 0 Å². The molecule has 0 radical (unpaired) electrons. The minimum Gasteiger partial charge on any atom is -0.394 e. The van der Waals surface area contributed by atoms with E-state index in [1.165, 1.54) is 16.0 Å². The summed E-state index contributed by atoms with van der Waals surface area (Å²) in [7, 11) is 0. The highest BCUT2D eigenvalue weighted by Gasteiger charge is 2.53. The van der Waals surface area contributed by atoms with Crippen LogP contribution in [0.4, 0.5) is 13.2 Å². The van der Waals surface area contributed by atoms with Gasteiger partial charge >= 0.3 is 0 Å². The normalized spacial score (nSPS) is 30.4. The highest BCUT2D eigenvalue weighted by atomic mass is 35.5. The van der Waals surface area contributed by atoms with E-state index >= 15 is 0 Å². The number of benzene rings is 1. The summed E-state index contributed by atoms with van der Waals surface area (Å²) in [6, 6.07) is -0.742. The number of likely N-dealkylation sites (tertiary alicyclic amines) is 1. The highest BCUT2D eigenvalue weighted by molar-refractivity contribution is 6.31. The van der Waals surface area contributed by atoms with Gasteiger partial charge in [0.25, 0.3) is 5.91 Å². The number of carbonyl (C=O) groups is 2. The number of halogens is 5. The molecule has 2 amide bonds. The molecule has 2 saturated heterocycles. The van der Waals surface area contributed by atoms with E-state index in [-0.39, 0.29) is 30.0 Å². The maximum atomic E-state index is 14.8. The predicted octanol–water partition coefficient (Wildman–Crippen LogP) is 1.76. The van der Waals surface area contributed by atoms with Gasteiger partial charge in [-0.15, -0.1) is 16.7 Å². The molecule has 50 heavy (non-hydrogen) atoms. The van der Waals surface area contributed by atoms with Crippen molar-refractivity contribution >= 4 is 35.0 Å². The molecule has 1 saturated carbocycles. The van der Waals surface area contributed by atoms with Gasteiger partial charge in [-0.1, -0.05) is 29.7 Å². The Balaban J connectivity index is 1.41. The third-order valence-electron chi connectivity index (χ3n) is 9.41. The summed E-state index contributed by atoms with van der Waals surface area (Å²) in [4.78, 5) is 30.5. The fourth-order valence-corrected chi connectivity index (χ4v) is 7.47. The summed E-state index contributed by atoms with van der Waals surface area (Å²) in [5.74, 6) is -5.93. The molecule has 2 aliphatic carbocycles. The predicted molar refractivity (Wildman–Crippen MR) is 170 cm³/mol. The summed E-state index contributed by atoms with van der Waals surface area (Å²) < 4.78 is 55.0. The van der Waals surface area contributed by atoms with Crippen molar-refractivity contribution in [1.29, 1.82) is 0 Å². The first kappa shape index (κ1) is 36.7. The summed E-state index contributed by atoms with van der Waals surface area (Å²) in [5.41, 5.74) is -0.0381. The molecule has 13 nitrogen and oxygen atoms in total. The molecule has 8 atom stereocenters. The largest absolute Gasteiger partial charge is 0.394 e. The zero-order chi connectivity index (χ0) is 35.9. The zero-order valence-corrected chi connectivity index (χ0v) is 28.0. The number of aliphatic hydroxyl groups excluding tert-OH is 4. The molecule has 0 spiro atoms. The molecule has 272 valence electrons. The van der Waals surface area contributed by atoms with E-state index in [0.717, 1.165) is 11.1 Å². The van der Waals surface area contributed by atoms with Gasteiger partial charge < -0.3 is 39.7 Å². The van der Waals surface area contributed by atoms with Crippen LogP contribution in [-0.2, 0) is 19.1 Å². The lowest BCUT2D eigenvalue weighted by atomic mass is 9.88. The Kier molecular flexibility index (Phi) is 11.2.